The van der Waals surface area contributed by atoms with Crippen LogP contribution in [0.2, 0.25) is 5.02 Å². The molecule has 2 N–H and O–H groups in total. The second-order valence-electron chi connectivity index (χ2n) is 5.34. The molecule has 0 unspecified atom stereocenters. The van der Waals surface area contributed by atoms with Crippen LogP contribution in [-0.4, -0.2) is 27.0 Å². The Kier molecular flexibility index (Phi) is 4.51. The van der Waals surface area contributed by atoms with E-state index in [-0.39, 0.29) is 12.1 Å². The summed E-state index contributed by atoms with van der Waals surface area (Å²) in [6, 6.07) is 9.63. The molecule has 1 aromatic heterocycles. The molecule has 0 saturated carbocycles. The molecule has 0 amide bonds. The number of aromatic nitrogens is 2. The normalized spacial score (nSPS) is 11.0. The standard InChI is InChI=1S/C17H15ClFN3O2/c1-22-14-4-2-3-12(18)16(14)21-17(22)20-8-11-6-5-10(7-13(11)19)15(24)9-23/h2-7,23H,8-9H2,1H3,(H,20,21). The maximum Gasteiger partial charge on any atom is 0.203 e. The molecule has 0 radical (unpaired) electrons. The number of Topliss-reactive ketones (excluding diaryl/α,β-unsaturated/α-hetero) is 1. The predicted octanol–water partition coefficient (Wildman–Crippen LogP) is 3.15. The lowest BCUT2D eigenvalue weighted by atomic mass is 10.1. The van der Waals surface area contributed by atoms with Crippen LogP contribution in [0.15, 0.2) is 36.4 Å². The van der Waals surface area contributed by atoms with Crippen molar-refractivity contribution < 1.29 is 14.3 Å². The summed E-state index contributed by atoms with van der Waals surface area (Å²) in [5.41, 5.74) is 2.08. The molecule has 1 heterocycles. The van der Waals surface area contributed by atoms with Crippen LogP contribution >= 0.6 is 11.6 Å². The molecule has 5 nitrogen and oxygen atoms in total. The number of aliphatic hydroxyl groups excluding tert-OH is 1. The van der Waals surface area contributed by atoms with Gasteiger partial charge in [-0.1, -0.05) is 29.8 Å². The van der Waals surface area contributed by atoms with E-state index in [2.05, 4.69) is 10.3 Å². The number of halogens is 2. The van der Waals surface area contributed by atoms with E-state index in [1.54, 1.807) is 6.07 Å². The number of nitrogens with zero attached hydrogens (tertiary/aromatic N) is 2. The number of hydrogen-bond acceptors (Lipinski definition) is 4. The summed E-state index contributed by atoms with van der Waals surface area (Å²) in [5, 5.41) is 12.4. The van der Waals surface area contributed by atoms with Gasteiger partial charge in [-0.05, 0) is 18.2 Å². The molecule has 0 aliphatic heterocycles. The van der Waals surface area contributed by atoms with Crippen LogP contribution in [-0.2, 0) is 13.6 Å². The molecule has 0 aliphatic rings. The van der Waals surface area contributed by atoms with Gasteiger partial charge >= 0.3 is 0 Å². The van der Waals surface area contributed by atoms with Crippen LogP contribution < -0.4 is 5.32 Å². The van der Waals surface area contributed by atoms with Gasteiger partial charge in [-0.3, -0.25) is 4.79 Å². The van der Waals surface area contributed by atoms with Crippen molar-refractivity contribution in [3.05, 3.63) is 58.4 Å². The number of imidazole rings is 1. The maximum absolute atomic E-state index is 14.1. The van der Waals surface area contributed by atoms with E-state index < -0.39 is 18.2 Å². The third kappa shape index (κ3) is 2.98. The van der Waals surface area contributed by atoms with Crippen LogP contribution in [0.25, 0.3) is 11.0 Å². The van der Waals surface area contributed by atoms with Crippen molar-refractivity contribution in [3.63, 3.8) is 0 Å². The van der Waals surface area contributed by atoms with Gasteiger partial charge in [0, 0.05) is 24.7 Å². The predicted molar refractivity (Wildman–Crippen MR) is 90.9 cm³/mol. The Morgan fingerprint density at radius 3 is 2.83 bits per heavy atom. The first-order valence-electron chi connectivity index (χ1n) is 7.28. The number of rotatable bonds is 5. The number of aliphatic hydroxyl groups is 1. The summed E-state index contributed by atoms with van der Waals surface area (Å²) in [6.07, 6.45) is 0. The van der Waals surface area contributed by atoms with Crippen molar-refractivity contribution in [1.82, 2.24) is 9.55 Å². The third-order valence-electron chi connectivity index (χ3n) is 3.82. The summed E-state index contributed by atoms with van der Waals surface area (Å²) in [5.74, 6) is -0.468. The zero-order valence-corrected chi connectivity index (χ0v) is 13.6. The van der Waals surface area contributed by atoms with Gasteiger partial charge in [0.25, 0.3) is 0 Å². The van der Waals surface area contributed by atoms with Crippen molar-refractivity contribution in [2.24, 2.45) is 7.05 Å². The van der Waals surface area contributed by atoms with E-state index >= 15 is 0 Å². The molecule has 3 aromatic rings. The summed E-state index contributed by atoms with van der Waals surface area (Å²) in [4.78, 5) is 15.8. The van der Waals surface area contributed by atoms with Crippen LogP contribution in [0, 0.1) is 5.82 Å². The summed E-state index contributed by atoms with van der Waals surface area (Å²) in [7, 11) is 1.84. The minimum absolute atomic E-state index is 0.147. The topological polar surface area (TPSA) is 67.2 Å². The Hall–Kier alpha value is -2.44. The lowest BCUT2D eigenvalue weighted by molar-refractivity contribution is 0.0903. The molecule has 0 saturated heterocycles. The molecule has 2 aromatic carbocycles. The molecule has 0 aliphatic carbocycles. The Bertz CT molecular complexity index is 924. The molecular weight excluding hydrogens is 333 g/mol. The van der Waals surface area contributed by atoms with Gasteiger partial charge in [0.15, 0.2) is 5.78 Å². The highest BCUT2D eigenvalue weighted by Gasteiger charge is 2.12. The second kappa shape index (κ2) is 6.59. The van der Waals surface area contributed by atoms with Gasteiger partial charge in [0.05, 0.1) is 10.5 Å². The fraction of sp³-hybridized carbons (Fsp3) is 0.176. The molecule has 0 bridgehead atoms. The van der Waals surface area contributed by atoms with E-state index in [0.717, 1.165) is 11.6 Å². The average molecular weight is 348 g/mol. The number of nitrogens with one attached hydrogen (secondary N) is 1. The van der Waals surface area contributed by atoms with Gasteiger partial charge in [0.2, 0.25) is 5.95 Å². The van der Waals surface area contributed by atoms with Crippen LogP contribution in [0.1, 0.15) is 15.9 Å². The molecule has 0 spiro atoms. The highest BCUT2D eigenvalue weighted by molar-refractivity contribution is 6.35. The van der Waals surface area contributed by atoms with E-state index in [4.69, 9.17) is 16.7 Å². The summed E-state index contributed by atoms with van der Waals surface area (Å²) in [6.45, 7) is -0.439. The molecule has 7 heteroatoms. The van der Waals surface area contributed by atoms with Gasteiger partial charge in [-0.25, -0.2) is 9.37 Å². The molecule has 0 fully saturated rings. The smallest absolute Gasteiger partial charge is 0.203 e. The number of aryl methyl sites for hydroxylation is 1. The van der Waals surface area contributed by atoms with Crippen molar-refractivity contribution >= 4 is 34.4 Å². The number of carbonyl (C=O) groups is 1. The lowest BCUT2D eigenvalue weighted by Crippen LogP contribution is -2.09. The van der Waals surface area contributed by atoms with E-state index in [0.29, 0.717) is 22.1 Å². The van der Waals surface area contributed by atoms with E-state index in [1.165, 1.54) is 12.1 Å². The highest BCUT2D eigenvalue weighted by atomic mass is 35.5. The molecule has 124 valence electrons. The van der Waals surface area contributed by atoms with Gasteiger partial charge < -0.3 is 15.0 Å². The van der Waals surface area contributed by atoms with Crippen molar-refractivity contribution in [2.75, 3.05) is 11.9 Å². The SMILES string of the molecule is Cn1c(NCc2ccc(C(=O)CO)cc2F)nc2c(Cl)cccc21. The second-order valence-corrected chi connectivity index (χ2v) is 5.75. The minimum atomic E-state index is -0.641. The quantitative estimate of drug-likeness (QED) is 0.696. The van der Waals surface area contributed by atoms with E-state index in [1.807, 2.05) is 23.7 Å². The van der Waals surface area contributed by atoms with Crippen LogP contribution in [0.3, 0.4) is 0 Å². The number of benzene rings is 2. The van der Waals surface area contributed by atoms with Crippen LogP contribution in [0.5, 0.6) is 0 Å². The van der Waals surface area contributed by atoms with Gasteiger partial charge in [-0.2, -0.15) is 0 Å². The number of carbonyl (C=O) groups excluding carboxylic acids is 1. The van der Waals surface area contributed by atoms with Crippen LogP contribution in [0.4, 0.5) is 10.3 Å². The monoisotopic (exact) mass is 347 g/mol. The molecule has 0 atom stereocenters. The number of hydrogen-bond donors (Lipinski definition) is 2. The fourth-order valence-electron chi connectivity index (χ4n) is 2.47. The number of ketones is 1. The van der Waals surface area contributed by atoms with Crippen molar-refractivity contribution in [2.45, 2.75) is 6.54 Å². The third-order valence-corrected chi connectivity index (χ3v) is 4.12. The molecule has 24 heavy (non-hydrogen) atoms. The van der Waals surface area contributed by atoms with Gasteiger partial charge in [0.1, 0.15) is 17.9 Å². The Balaban J connectivity index is 1.82. The minimum Gasteiger partial charge on any atom is -0.388 e. The summed E-state index contributed by atoms with van der Waals surface area (Å²) < 4.78 is 15.9. The van der Waals surface area contributed by atoms with Crippen molar-refractivity contribution in [3.8, 4) is 0 Å². The molecule has 3 rings (SSSR count). The first kappa shape index (κ1) is 16.4. The number of para-hydroxylation sites is 1. The Labute approximate surface area is 142 Å². The highest BCUT2D eigenvalue weighted by Crippen LogP contribution is 2.25. The fourth-order valence-corrected chi connectivity index (χ4v) is 2.68. The zero-order chi connectivity index (χ0) is 17.3. The Morgan fingerprint density at radius 2 is 2.17 bits per heavy atom. The average Bonchev–Trinajstić information content (AvgIpc) is 2.91. The lowest BCUT2D eigenvalue weighted by Gasteiger charge is -2.08. The first-order valence-corrected chi connectivity index (χ1v) is 7.66. The first-order chi connectivity index (χ1) is 11.5. The largest absolute Gasteiger partial charge is 0.388 e. The van der Waals surface area contributed by atoms with Crippen molar-refractivity contribution in [1.29, 1.82) is 0 Å². The Morgan fingerprint density at radius 1 is 1.38 bits per heavy atom. The van der Waals surface area contributed by atoms with Gasteiger partial charge in [-0.15, -0.1) is 0 Å². The number of anilines is 1. The zero-order valence-electron chi connectivity index (χ0n) is 12.9. The maximum atomic E-state index is 14.1. The van der Waals surface area contributed by atoms with E-state index in [9.17, 15) is 9.18 Å². The number of fused-ring (bicyclic) bond motifs is 1. The molecular formula is C17H15ClFN3O2. The summed E-state index contributed by atoms with van der Waals surface area (Å²) >= 11 is 6.13.